The molecule has 0 saturated heterocycles. The summed E-state index contributed by atoms with van der Waals surface area (Å²) >= 11 is 0. The standard InChI is InChI=1S/C11H12FN3O3S/c1-7-5-8(15-18-7)6-14-19(16,17)11-9(12)3-2-4-10(11)13/h2-5,14H,6,13H2,1H3. The van der Waals surface area contributed by atoms with Crippen LogP contribution in [-0.4, -0.2) is 13.6 Å². The maximum Gasteiger partial charge on any atom is 0.245 e. The third-order valence-electron chi connectivity index (χ3n) is 2.39. The van der Waals surface area contributed by atoms with Gasteiger partial charge in [0.2, 0.25) is 10.0 Å². The highest BCUT2D eigenvalue weighted by atomic mass is 32.2. The zero-order valence-corrected chi connectivity index (χ0v) is 10.9. The Hall–Kier alpha value is -1.93. The summed E-state index contributed by atoms with van der Waals surface area (Å²) in [6, 6.07) is 5.26. The van der Waals surface area contributed by atoms with Crippen LogP contribution in [0, 0.1) is 12.7 Å². The largest absolute Gasteiger partial charge is 0.398 e. The SMILES string of the molecule is Cc1cc(CNS(=O)(=O)c2c(N)cccc2F)no1. The Morgan fingerprint density at radius 3 is 2.79 bits per heavy atom. The minimum absolute atomic E-state index is 0.104. The van der Waals surface area contributed by atoms with E-state index in [0.29, 0.717) is 11.5 Å². The quantitative estimate of drug-likeness (QED) is 0.822. The van der Waals surface area contributed by atoms with Crippen LogP contribution in [0.1, 0.15) is 11.5 Å². The second-order valence-corrected chi connectivity index (χ2v) is 5.62. The van der Waals surface area contributed by atoms with Gasteiger partial charge < -0.3 is 10.3 Å². The van der Waals surface area contributed by atoms with E-state index in [-0.39, 0.29) is 12.2 Å². The summed E-state index contributed by atoms with van der Waals surface area (Å²) in [5, 5.41) is 3.63. The van der Waals surface area contributed by atoms with E-state index in [2.05, 4.69) is 9.88 Å². The molecule has 0 spiro atoms. The number of nitrogen functional groups attached to an aromatic ring is 1. The zero-order valence-electron chi connectivity index (χ0n) is 10.1. The summed E-state index contributed by atoms with van der Waals surface area (Å²) in [7, 11) is -4.04. The number of anilines is 1. The number of rotatable bonds is 4. The van der Waals surface area contributed by atoms with E-state index in [1.165, 1.54) is 12.1 Å². The maximum absolute atomic E-state index is 13.5. The summed E-state index contributed by atoms with van der Waals surface area (Å²) in [5.74, 6) is -0.344. The first-order chi connectivity index (χ1) is 8.90. The Kier molecular flexibility index (Phi) is 3.54. The molecule has 0 unspecified atom stereocenters. The lowest BCUT2D eigenvalue weighted by Crippen LogP contribution is -2.25. The van der Waals surface area contributed by atoms with Crippen LogP contribution < -0.4 is 10.5 Å². The summed E-state index contributed by atoms with van der Waals surface area (Å²) in [6.45, 7) is 1.58. The van der Waals surface area contributed by atoms with E-state index >= 15 is 0 Å². The van der Waals surface area contributed by atoms with E-state index in [0.717, 1.165) is 6.07 Å². The van der Waals surface area contributed by atoms with Crippen molar-refractivity contribution in [3.63, 3.8) is 0 Å². The molecule has 102 valence electrons. The van der Waals surface area contributed by atoms with Crippen LogP contribution in [0.2, 0.25) is 0 Å². The van der Waals surface area contributed by atoms with Gasteiger partial charge in [0.25, 0.3) is 0 Å². The van der Waals surface area contributed by atoms with Gasteiger partial charge in [0.05, 0.1) is 17.9 Å². The number of nitrogens with one attached hydrogen (secondary N) is 1. The van der Waals surface area contributed by atoms with Crippen LogP contribution in [0.4, 0.5) is 10.1 Å². The van der Waals surface area contributed by atoms with Crippen molar-refractivity contribution >= 4 is 15.7 Å². The lowest BCUT2D eigenvalue weighted by atomic mass is 10.3. The molecule has 1 heterocycles. The molecule has 0 bridgehead atoms. The normalized spacial score (nSPS) is 11.7. The molecule has 0 aliphatic rings. The Bertz CT molecular complexity index is 677. The van der Waals surface area contributed by atoms with Crippen LogP contribution in [0.15, 0.2) is 33.7 Å². The Balaban J connectivity index is 2.23. The predicted octanol–water partition coefficient (Wildman–Crippen LogP) is 1.18. The number of sulfonamides is 1. The lowest BCUT2D eigenvalue weighted by molar-refractivity contribution is 0.390. The molecule has 0 fully saturated rings. The van der Waals surface area contributed by atoms with E-state index in [1.807, 2.05) is 0 Å². The average Bonchev–Trinajstić information content (AvgIpc) is 2.72. The summed E-state index contributed by atoms with van der Waals surface area (Å²) in [6.07, 6.45) is 0. The molecular formula is C11H12FN3O3S. The van der Waals surface area contributed by atoms with Crippen molar-refractivity contribution in [3.8, 4) is 0 Å². The third-order valence-corrected chi connectivity index (χ3v) is 3.88. The highest BCUT2D eigenvalue weighted by Gasteiger charge is 2.22. The number of hydrogen-bond acceptors (Lipinski definition) is 5. The molecular weight excluding hydrogens is 273 g/mol. The Morgan fingerprint density at radius 2 is 2.21 bits per heavy atom. The molecule has 0 saturated carbocycles. The van der Waals surface area contributed by atoms with Crippen molar-refractivity contribution in [2.75, 3.05) is 5.73 Å². The van der Waals surface area contributed by atoms with Crippen LogP contribution in [-0.2, 0) is 16.6 Å². The molecule has 0 aliphatic carbocycles. The highest BCUT2D eigenvalue weighted by Crippen LogP contribution is 2.21. The molecule has 8 heteroatoms. The molecule has 19 heavy (non-hydrogen) atoms. The number of nitrogens with two attached hydrogens (primary N) is 1. The van der Waals surface area contributed by atoms with Gasteiger partial charge in [0, 0.05) is 6.07 Å². The van der Waals surface area contributed by atoms with Crippen molar-refractivity contribution in [1.82, 2.24) is 9.88 Å². The molecule has 6 nitrogen and oxygen atoms in total. The van der Waals surface area contributed by atoms with Crippen molar-refractivity contribution in [2.45, 2.75) is 18.4 Å². The molecule has 0 aliphatic heterocycles. The maximum atomic E-state index is 13.5. The fourth-order valence-corrected chi connectivity index (χ4v) is 2.74. The average molecular weight is 285 g/mol. The number of benzene rings is 1. The second-order valence-electron chi connectivity index (χ2n) is 3.91. The van der Waals surface area contributed by atoms with Crippen LogP contribution in [0.25, 0.3) is 0 Å². The van der Waals surface area contributed by atoms with Gasteiger partial charge in [-0.05, 0) is 19.1 Å². The molecule has 0 radical (unpaired) electrons. The van der Waals surface area contributed by atoms with E-state index in [9.17, 15) is 12.8 Å². The fraction of sp³-hybridized carbons (Fsp3) is 0.182. The van der Waals surface area contributed by atoms with E-state index in [1.54, 1.807) is 13.0 Å². The molecule has 1 aromatic carbocycles. The van der Waals surface area contributed by atoms with Gasteiger partial charge >= 0.3 is 0 Å². The van der Waals surface area contributed by atoms with Gasteiger partial charge in [-0.1, -0.05) is 11.2 Å². The Morgan fingerprint density at radius 1 is 1.47 bits per heavy atom. The van der Waals surface area contributed by atoms with Crippen LogP contribution in [0.3, 0.4) is 0 Å². The predicted molar refractivity (Wildman–Crippen MR) is 66.1 cm³/mol. The van der Waals surface area contributed by atoms with Crippen molar-refractivity contribution in [3.05, 3.63) is 41.5 Å². The van der Waals surface area contributed by atoms with Gasteiger partial charge in [-0.25, -0.2) is 17.5 Å². The Labute approximate surface area is 109 Å². The van der Waals surface area contributed by atoms with E-state index in [4.69, 9.17) is 10.3 Å². The molecule has 1 aromatic heterocycles. The molecule has 0 atom stereocenters. The van der Waals surface area contributed by atoms with Gasteiger partial charge in [-0.3, -0.25) is 0 Å². The smallest absolute Gasteiger partial charge is 0.245 e. The van der Waals surface area contributed by atoms with Crippen molar-refractivity contribution in [1.29, 1.82) is 0 Å². The number of halogens is 1. The highest BCUT2D eigenvalue weighted by molar-refractivity contribution is 7.89. The van der Waals surface area contributed by atoms with Gasteiger partial charge in [-0.2, -0.15) is 0 Å². The summed E-state index contributed by atoms with van der Waals surface area (Å²) < 4.78 is 44.5. The number of hydrogen-bond donors (Lipinski definition) is 2. The second kappa shape index (κ2) is 4.98. The third kappa shape index (κ3) is 2.91. The number of aromatic nitrogens is 1. The first-order valence-corrected chi connectivity index (χ1v) is 6.84. The minimum atomic E-state index is -4.04. The van der Waals surface area contributed by atoms with E-state index < -0.39 is 20.7 Å². The first kappa shape index (κ1) is 13.5. The number of nitrogens with zero attached hydrogens (tertiary/aromatic N) is 1. The minimum Gasteiger partial charge on any atom is -0.398 e. The lowest BCUT2D eigenvalue weighted by Gasteiger charge is -2.08. The van der Waals surface area contributed by atoms with Gasteiger partial charge in [0.1, 0.15) is 16.5 Å². The summed E-state index contributed by atoms with van der Waals surface area (Å²) in [5.41, 5.74) is 5.74. The number of aryl methyl sites for hydroxylation is 1. The molecule has 2 rings (SSSR count). The molecule has 3 N–H and O–H groups in total. The van der Waals surface area contributed by atoms with Gasteiger partial charge in [0.15, 0.2) is 0 Å². The molecule has 2 aromatic rings. The van der Waals surface area contributed by atoms with Crippen molar-refractivity contribution < 1.29 is 17.3 Å². The summed E-state index contributed by atoms with van der Waals surface area (Å²) in [4.78, 5) is -0.560. The zero-order chi connectivity index (χ0) is 14.0. The van der Waals surface area contributed by atoms with Crippen molar-refractivity contribution in [2.24, 2.45) is 0 Å². The van der Waals surface area contributed by atoms with Crippen LogP contribution >= 0.6 is 0 Å². The first-order valence-electron chi connectivity index (χ1n) is 5.36. The topological polar surface area (TPSA) is 98.2 Å². The van der Waals surface area contributed by atoms with Gasteiger partial charge in [-0.15, -0.1) is 0 Å². The molecule has 0 amide bonds. The van der Waals surface area contributed by atoms with Crippen LogP contribution in [0.5, 0.6) is 0 Å². The monoisotopic (exact) mass is 285 g/mol. The fourth-order valence-electron chi connectivity index (χ4n) is 1.55.